The first kappa shape index (κ1) is 21.5. The average molecular weight is 463 g/mol. The largest absolute Gasteiger partial charge is 0.365 e. The van der Waals surface area contributed by atoms with Gasteiger partial charge in [0.15, 0.2) is 12.1 Å². The molecule has 0 saturated carbocycles. The molecule has 2 atom stereocenters. The minimum Gasteiger partial charge on any atom is -0.365 e. The molecule has 4 amide bonds. The molecular weight excluding hydrogens is 442 g/mol. The van der Waals surface area contributed by atoms with Gasteiger partial charge in [-0.05, 0) is 18.6 Å². The molecule has 12 heteroatoms. The van der Waals surface area contributed by atoms with Crippen LogP contribution in [0.4, 0.5) is 0 Å². The van der Waals surface area contributed by atoms with E-state index in [0.717, 1.165) is 16.2 Å². The number of imide groups is 2. The molecule has 2 N–H and O–H groups in total. The number of hydrogen-bond acceptors (Lipinski definition) is 9. The molecule has 0 aliphatic carbocycles. The Morgan fingerprint density at radius 2 is 2.09 bits per heavy atom. The summed E-state index contributed by atoms with van der Waals surface area (Å²) in [6.45, 7) is 0.186. The Labute approximate surface area is 193 Å². The first-order chi connectivity index (χ1) is 16.4. The second kappa shape index (κ2) is 8.56. The molecule has 1 aromatic heterocycles. The van der Waals surface area contributed by atoms with Gasteiger partial charge in [-0.3, -0.25) is 29.4 Å². The summed E-state index contributed by atoms with van der Waals surface area (Å²) in [5.74, 6) is -1.71. The van der Waals surface area contributed by atoms with Gasteiger partial charge in [0.25, 0.3) is 11.8 Å². The number of aromatic nitrogens is 2. The molecule has 1 aromatic carbocycles. The van der Waals surface area contributed by atoms with E-state index >= 15 is 0 Å². The van der Waals surface area contributed by atoms with Crippen molar-refractivity contribution in [2.45, 2.75) is 25.1 Å². The summed E-state index contributed by atoms with van der Waals surface area (Å²) in [5, 5.41) is 2.17. The van der Waals surface area contributed by atoms with E-state index in [-0.39, 0.29) is 25.1 Å². The summed E-state index contributed by atoms with van der Waals surface area (Å²) < 4.78 is 1.87. The third-order valence-corrected chi connectivity index (χ3v) is 5.79. The molecule has 1 fully saturated rings. The molecular formula is C22H21N7O5. The van der Waals surface area contributed by atoms with Gasteiger partial charge in [-0.1, -0.05) is 12.1 Å². The van der Waals surface area contributed by atoms with E-state index in [2.05, 4.69) is 20.8 Å². The standard InChI is InChI=1S/C22H21N7O5/c1-27(16-10-19(31)29(22(16)33)15-5-6-17(30)24-21(15)32)11-18-25-20(26-34-18)13-3-2-4-14(9-13)28-8-7-23-12-28/h2-4,7-10,12,15,18H,5-6,11H2,1H3,(H,25,26)(H,24,30,32). The SMILES string of the molecule is CN(CC1N=C(c2cccc(-n3ccnc3)c2)NO1)C1=CC(=O)N(C2CCC(=O)NC2=O)C1=O. The summed E-state index contributed by atoms with van der Waals surface area (Å²) in [6.07, 6.45) is 5.96. The van der Waals surface area contributed by atoms with Crippen molar-refractivity contribution in [1.82, 2.24) is 30.1 Å². The van der Waals surface area contributed by atoms with Gasteiger partial charge in [0.05, 0.1) is 12.9 Å². The van der Waals surface area contributed by atoms with Crippen molar-refractivity contribution >= 4 is 29.5 Å². The van der Waals surface area contributed by atoms with Crippen LogP contribution in [-0.4, -0.2) is 74.7 Å². The summed E-state index contributed by atoms with van der Waals surface area (Å²) in [5.41, 5.74) is 4.67. The number of piperidine rings is 1. The van der Waals surface area contributed by atoms with Crippen LogP contribution < -0.4 is 10.8 Å². The van der Waals surface area contributed by atoms with Gasteiger partial charge in [-0.2, -0.15) is 0 Å². The van der Waals surface area contributed by atoms with E-state index in [4.69, 9.17) is 4.84 Å². The molecule has 174 valence electrons. The zero-order chi connectivity index (χ0) is 23.8. The second-order valence-electron chi connectivity index (χ2n) is 8.06. The van der Waals surface area contributed by atoms with E-state index in [0.29, 0.717) is 5.84 Å². The number of hydrogen-bond donors (Lipinski definition) is 2. The second-order valence-corrected chi connectivity index (χ2v) is 8.06. The van der Waals surface area contributed by atoms with Gasteiger partial charge < -0.3 is 9.47 Å². The van der Waals surface area contributed by atoms with Crippen molar-refractivity contribution in [2.75, 3.05) is 13.6 Å². The van der Waals surface area contributed by atoms with E-state index in [1.165, 1.54) is 6.08 Å². The Hall–Kier alpha value is -4.32. The molecule has 0 radical (unpaired) electrons. The normalized spacial score (nSPS) is 22.4. The number of rotatable bonds is 6. The maximum Gasteiger partial charge on any atom is 0.277 e. The highest BCUT2D eigenvalue weighted by molar-refractivity contribution is 6.18. The van der Waals surface area contributed by atoms with Gasteiger partial charge in [-0.15, -0.1) is 0 Å². The first-order valence-electron chi connectivity index (χ1n) is 10.6. The predicted molar refractivity (Wildman–Crippen MR) is 117 cm³/mol. The van der Waals surface area contributed by atoms with Crippen molar-refractivity contribution in [1.29, 1.82) is 0 Å². The Morgan fingerprint density at radius 3 is 2.85 bits per heavy atom. The van der Waals surface area contributed by atoms with Crippen LogP contribution in [0, 0.1) is 0 Å². The maximum absolute atomic E-state index is 12.9. The fraction of sp³-hybridized carbons (Fsp3) is 0.273. The van der Waals surface area contributed by atoms with Gasteiger partial charge >= 0.3 is 0 Å². The molecule has 4 heterocycles. The zero-order valence-corrected chi connectivity index (χ0v) is 18.2. The van der Waals surface area contributed by atoms with Crippen molar-refractivity contribution in [2.24, 2.45) is 4.99 Å². The van der Waals surface area contributed by atoms with Crippen LogP contribution in [0.5, 0.6) is 0 Å². The molecule has 34 heavy (non-hydrogen) atoms. The van der Waals surface area contributed by atoms with Gasteiger partial charge in [-0.25, -0.2) is 20.3 Å². The Bertz CT molecular complexity index is 1240. The predicted octanol–water partition coefficient (Wildman–Crippen LogP) is -0.530. The molecule has 1 saturated heterocycles. The number of aliphatic imine (C=N–C) groups is 1. The fourth-order valence-corrected chi connectivity index (χ4v) is 4.06. The third-order valence-electron chi connectivity index (χ3n) is 5.79. The highest BCUT2D eigenvalue weighted by Crippen LogP contribution is 2.23. The molecule has 3 aliphatic heterocycles. The lowest BCUT2D eigenvalue weighted by Crippen LogP contribution is -2.55. The summed E-state index contributed by atoms with van der Waals surface area (Å²) in [6, 6.07) is 6.66. The summed E-state index contributed by atoms with van der Waals surface area (Å²) in [4.78, 5) is 65.6. The van der Waals surface area contributed by atoms with Crippen LogP contribution in [0.2, 0.25) is 0 Å². The number of nitrogens with zero attached hydrogens (tertiary/aromatic N) is 5. The first-order valence-corrected chi connectivity index (χ1v) is 10.6. The number of amides is 4. The van der Waals surface area contributed by atoms with E-state index in [1.807, 2.05) is 35.0 Å². The van der Waals surface area contributed by atoms with Crippen LogP contribution in [0.3, 0.4) is 0 Å². The van der Waals surface area contributed by atoms with Gasteiger partial charge in [0.1, 0.15) is 11.7 Å². The highest BCUT2D eigenvalue weighted by atomic mass is 16.7. The summed E-state index contributed by atoms with van der Waals surface area (Å²) >= 11 is 0. The number of amidine groups is 1. The Balaban J connectivity index is 1.26. The Morgan fingerprint density at radius 1 is 1.24 bits per heavy atom. The van der Waals surface area contributed by atoms with Crippen LogP contribution in [0.1, 0.15) is 18.4 Å². The molecule has 0 bridgehead atoms. The highest BCUT2D eigenvalue weighted by Gasteiger charge is 2.43. The van der Waals surface area contributed by atoms with Gasteiger partial charge in [0, 0.05) is 43.2 Å². The van der Waals surface area contributed by atoms with E-state index in [9.17, 15) is 19.2 Å². The molecule has 5 rings (SSSR count). The number of carbonyl (C=O) groups is 4. The minimum absolute atomic E-state index is 0.0692. The smallest absolute Gasteiger partial charge is 0.277 e. The molecule has 2 aromatic rings. The van der Waals surface area contributed by atoms with Crippen LogP contribution >= 0.6 is 0 Å². The number of hydroxylamine groups is 1. The van der Waals surface area contributed by atoms with E-state index in [1.54, 1.807) is 24.5 Å². The zero-order valence-electron chi connectivity index (χ0n) is 18.2. The topological polar surface area (TPSA) is 138 Å². The van der Waals surface area contributed by atoms with Crippen molar-refractivity contribution in [3.63, 3.8) is 0 Å². The summed E-state index contributed by atoms with van der Waals surface area (Å²) in [7, 11) is 1.64. The Kier molecular flexibility index (Phi) is 5.42. The molecule has 2 unspecified atom stereocenters. The molecule has 12 nitrogen and oxygen atoms in total. The van der Waals surface area contributed by atoms with Crippen LogP contribution in [0.15, 0.2) is 59.8 Å². The van der Waals surface area contributed by atoms with Crippen molar-refractivity contribution in [3.8, 4) is 5.69 Å². The lowest BCUT2D eigenvalue weighted by molar-refractivity contribution is -0.150. The number of carbonyl (C=O) groups excluding carboxylic acids is 4. The minimum atomic E-state index is -1.00. The van der Waals surface area contributed by atoms with Crippen LogP contribution in [0.25, 0.3) is 5.69 Å². The van der Waals surface area contributed by atoms with Crippen molar-refractivity contribution in [3.05, 3.63) is 60.3 Å². The fourth-order valence-electron chi connectivity index (χ4n) is 4.06. The molecule has 3 aliphatic rings. The van der Waals surface area contributed by atoms with Crippen LogP contribution in [-0.2, 0) is 24.0 Å². The monoisotopic (exact) mass is 463 g/mol. The number of nitrogens with one attached hydrogen (secondary N) is 2. The van der Waals surface area contributed by atoms with E-state index < -0.39 is 35.9 Å². The average Bonchev–Trinajstić information content (AvgIpc) is 3.56. The number of likely N-dealkylation sites (N-methyl/N-ethyl adjacent to an activating group) is 1. The van der Waals surface area contributed by atoms with Crippen molar-refractivity contribution < 1.29 is 24.0 Å². The maximum atomic E-state index is 12.9. The number of imidazole rings is 1. The lowest BCUT2D eigenvalue weighted by Gasteiger charge is -2.29. The lowest BCUT2D eigenvalue weighted by atomic mass is 10.0. The quantitative estimate of drug-likeness (QED) is 0.546. The third kappa shape index (κ3) is 3.94. The molecule has 0 spiro atoms. The number of benzene rings is 1. The van der Waals surface area contributed by atoms with Gasteiger partial charge in [0.2, 0.25) is 11.8 Å².